The van der Waals surface area contributed by atoms with Gasteiger partial charge in [-0.2, -0.15) is 19.0 Å². The van der Waals surface area contributed by atoms with Crippen molar-refractivity contribution >= 4 is 11.6 Å². The lowest BCUT2D eigenvalue weighted by atomic mass is 10.2. The fourth-order valence-electron chi connectivity index (χ4n) is 1.64. The number of nitrogens with zero attached hydrogens (tertiary/aromatic N) is 4. The number of alkyl halides is 4. The van der Waals surface area contributed by atoms with Crippen molar-refractivity contribution in [2.75, 3.05) is 5.32 Å². The van der Waals surface area contributed by atoms with Gasteiger partial charge in [-0.05, 0) is 0 Å². The predicted molar refractivity (Wildman–Crippen MR) is 65.0 cm³/mol. The molecule has 0 spiro atoms. The number of amides is 1. The third-order valence-electron chi connectivity index (χ3n) is 2.63. The number of rotatable bonds is 4. The van der Waals surface area contributed by atoms with Crippen molar-refractivity contribution in [2.24, 2.45) is 14.1 Å². The summed E-state index contributed by atoms with van der Waals surface area (Å²) in [5.74, 6) is -6.86. The van der Waals surface area contributed by atoms with Gasteiger partial charge in [-0.3, -0.25) is 14.2 Å². The zero-order valence-corrected chi connectivity index (χ0v) is 11.0. The molecule has 0 unspecified atom stereocenters. The molecule has 2 heterocycles. The van der Waals surface area contributed by atoms with Crippen LogP contribution in [0.5, 0.6) is 0 Å². The minimum absolute atomic E-state index is 0.101. The van der Waals surface area contributed by atoms with Gasteiger partial charge >= 0.3 is 18.3 Å². The van der Waals surface area contributed by atoms with Crippen molar-refractivity contribution in [1.29, 1.82) is 0 Å². The van der Waals surface area contributed by atoms with Gasteiger partial charge in [0.05, 0.1) is 11.9 Å². The number of anilines is 1. The first kappa shape index (κ1) is 15.0. The first-order chi connectivity index (χ1) is 9.71. The van der Waals surface area contributed by atoms with Crippen LogP contribution in [0.1, 0.15) is 0 Å². The summed E-state index contributed by atoms with van der Waals surface area (Å²) in [6.07, 6.45) is 0.102. The highest BCUT2D eigenvalue weighted by atomic mass is 19.3. The van der Waals surface area contributed by atoms with E-state index in [0.29, 0.717) is 5.56 Å². The summed E-state index contributed by atoms with van der Waals surface area (Å²) in [5.41, 5.74) is 0.508. The number of aromatic nitrogens is 4. The molecule has 2 rings (SSSR count). The zero-order chi connectivity index (χ0) is 15.8. The van der Waals surface area contributed by atoms with Crippen LogP contribution < -0.4 is 5.32 Å². The number of nitrogens with one attached hydrogen (secondary N) is 1. The second kappa shape index (κ2) is 5.19. The van der Waals surface area contributed by atoms with Crippen molar-refractivity contribution in [3.63, 3.8) is 0 Å². The molecule has 0 bridgehead atoms. The van der Waals surface area contributed by atoms with Gasteiger partial charge in [-0.15, -0.1) is 0 Å². The molecule has 10 heteroatoms. The minimum atomic E-state index is -4.78. The number of carbonyl (C=O) groups is 1. The highest BCUT2D eigenvalue weighted by Crippen LogP contribution is 2.29. The van der Waals surface area contributed by atoms with Gasteiger partial charge in [0, 0.05) is 32.1 Å². The molecule has 21 heavy (non-hydrogen) atoms. The third-order valence-corrected chi connectivity index (χ3v) is 2.63. The Morgan fingerprint density at radius 3 is 2.48 bits per heavy atom. The van der Waals surface area contributed by atoms with Crippen molar-refractivity contribution in [1.82, 2.24) is 19.6 Å². The van der Waals surface area contributed by atoms with E-state index in [1.165, 1.54) is 28.8 Å². The lowest BCUT2D eigenvalue weighted by Crippen LogP contribution is -2.41. The molecule has 0 saturated heterocycles. The maximum absolute atomic E-state index is 13.0. The molecule has 0 fully saturated rings. The van der Waals surface area contributed by atoms with E-state index >= 15 is 0 Å². The Balaban J connectivity index is 2.31. The van der Waals surface area contributed by atoms with Crippen LogP contribution in [0.3, 0.4) is 0 Å². The van der Waals surface area contributed by atoms with Crippen molar-refractivity contribution in [3.8, 4) is 11.3 Å². The fourth-order valence-corrected chi connectivity index (χ4v) is 1.64. The molecule has 0 aliphatic heterocycles. The van der Waals surface area contributed by atoms with Crippen LogP contribution >= 0.6 is 0 Å². The lowest BCUT2D eigenvalue weighted by Gasteiger charge is -2.14. The first-order valence-electron chi connectivity index (χ1n) is 5.72. The van der Waals surface area contributed by atoms with Crippen LogP contribution in [0.25, 0.3) is 11.3 Å². The predicted octanol–water partition coefficient (Wildman–Crippen LogP) is 1.66. The Bertz CT molecular complexity index is 663. The smallest absolute Gasteiger partial charge is 0.317 e. The van der Waals surface area contributed by atoms with Gasteiger partial charge in [-0.1, -0.05) is 0 Å². The second-order valence-corrected chi connectivity index (χ2v) is 4.35. The largest absolute Gasteiger partial charge is 0.383 e. The molecule has 0 aromatic carbocycles. The summed E-state index contributed by atoms with van der Waals surface area (Å²) in [6, 6.07) is 0. The van der Waals surface area contributed by atoms with Gasteiger partial charge in [-0.25, -0.2) is 8.78 Å². The van der Waals surface area contributed by atoms with E-state index in [2.05, 4.69) is 10.2 Å². The molecule has 0 aliphatic rings. The number of halogens is 4. The van der Waals surface area contributed by atoms with Gasteiger partial charge in [0.25, 0.3) is 0 Å². The van der Waals surface area contributed by atoms with Gasteiger partial charge in [0.2, 0.25) is 0 Å². The Kier molecular flexibility index (Phi) is 3.71. The molecule has 2 aromatic heterocycles. The summed E-state index contributed by atoms with van der Waals surface area (Å²) >= 11 is 0. The van der Waals surface area contributed by atoms with Crippen LogP contribution in [-0.2, 0) is 18.9 Å². The normalized spacial score (nSPS) is 12.0. The molecule has 0 radical (unpaired) electrons. The summed E-state index contributed by atoms with van der Waals surface area (Å²) in [5, 5.41) is 9.65. The SMILES string of the molecule is Cn1cc(-c2nn(C)cc2NC(=O)C(F)(F)C(F)F)cn1. The van der Waals surface area contributed by atoms with E-state index in [-0.39, 0.29) is 11.4 Å². The molecule has 0 aliphatic carbocycles. The van der Waals surface area contributed by atoms with Crippen molar-refractivity contribution in [3.05, 3.63) is 18.6 Å². The van der Waals surface area contributed by atoms with E-state index in [9.17, 15) is 22.4 Å². The van der Waals surface area contributed by atoms with Crippen LogP contribution in [0, 0.1) is 0 Å². The fraction of sp³-hybridized carbons (Fsp3) is 0.364. The molecule has 0 saturated carbocycles. The molecule has 1 N–H and O–H groups in total. The number of aryl methyl sites for hydroxylation is 2. The second-order valence-electron chi connectivity index (χ2n) is 4.35. The average molecular weight is 305 g/mol. The van der Waals surface area contributed by atoms with Crippen molar-refractivity contribution in [2.45, 2.75) is 12.3 Å². The summed E-state index contributed by atoms with van der Waals surface area (Å²) in [7, 11) is 3.14. The standard InChI is InChI=1S/C11H11F4N5O/c1-19-4-6(3-16-19)8-7(5-20(2)18-8)17-10(21)11(14,15)9(12)13/h3-5,9H,1-2H3,(H,17,21). The highest BCUT2D eigenvalue weighted by molar-refractivity contribution is 5.99. The Morgan fingerprint density at radius 1 is 1.29 bits per heavy atom. The minimum Gasteiger partial charge on any atom is -0.317 e. The molecule has 2 aromatic rings. The van der Waals surface area contributed by atoms with Crippen LogP contribution in [-0.4, -0.2) is 37.8 Å². The monoisotopic (exact) mass is 305 g/mol. The third kappa shape index (κ3) is 2.88. The molecular weight excluding hydrogens is 294 g/mol. The molecule has 0 atom stereocenters. The quantitative estimate of drug-likeness (QED) is 0.874. The van der Waals surface area contributed by atoms with E-state index < -0.39 is 18.3 Å². The summed E-state index contributed by atoms with van der Waals surface area (Å²) in [4.78, 5) is 11.3. The van der Waals surface area contributed by atoms with Crippen LogP contribution in [0.2, 0.25) is 0 Å². The molecule has 6 nitrogen and oxygen atoms in total. The van der Waals surface area contributed by atoms with Gasteiger partial charge in [0.1, 0.15) is 5.69 Å². The van der Waals surface area contributed by atoms with Crippen LogP contribution in [0.15, 0.2) is 18.6 Å². The number of hydrogen-bond acceptors (Lipinski definition) is 3. The average Bonchev–Trinajstić information content (AvgIpc) is 2.95. The van der Waals surface area contributed by atoms with Crippen LogP contribution in [0.4, 0.5) is 23.2 Å². The number of carbonyl (C=O) groups excluding carboxylic acids is 1. The summed E-state index contributed by atoms with van der Waals surface area (Å²) in [6.45, 7) is 0. The zero-order valence-electron chi connectivity index (χ0n) is 11.0. The summed E-state index contributed by atoms with van der Waals surface area (Å²) < 4.78 is 52.9. The Hall–Kier alpha value is -2.39. The van der Waals surface area contributed by atoms with Crippen molar-refractivity contribution < 1.29 is 22.4 Å². The lowest BCUT2D eigenvalue weighted by molar-refractivity contribution is -0.163. The van der Waals surface area contributed by atoms with Gasteiger partial charge < -0.3 is 5.32 Å². The first-order valence-corrected chi connectivity index (χ1v) is 5.72. The topological polar surface area (TPSA) is 64.7 Å². The van der Waals surface area contributed by atoms with Gasteiger partial charge in [0.15, 0.2) is 0 Å². The maximum Gasteiger partial charge on any atom is 0.383 e. The number of hydrogen-bond donors (Lipinski definition) is 1. The van der Waals surface area contributed by atoms with E-state index in [1.54, 1.807) is 18.6 Å². The molecule has 1 amide bonds. The van der Waals surface area contributed by atoms with E-state index in [4.69, 9.17) is 0 Å². The Morgan fingerprint density at radius 2 is 1.95 bits per heavy atom. The Labute approximate surface area is 116 Å². The highest BCUT2D eigenvalue weighted by Gasteiger charge is 2.49. The maximum atomic E-state index is 13.0. The molecule has 114 valence electrons. The van der Waals surface area contributed by atoms with E-state index in [0.717, 1.165) is 0 Å². The molecular formula is C11H11F4N5O. The van der Waals surface area contributed by atoms with E-state index in [1.807, 2.05) is 0 Å².